The molecule has 1 fully saturated rings. The summed E-state index contributed by atoms with van der Waals surface area (Å²) in [7, 11) is 0. The molecular weight excluding hydrogens is 432 g/mol. The lowest BCUT2D eigenvalue weighted by atomic mass is 10.2. The van der Waals surface area contributed by atoms with Gasteiger partial charge in [0.15, 0.2) is 5.57 Å². The number of nitriles is 1. The summed E-state index contributed by atoms with van der Waals surface area (Å²) in [5.41, 5.74) is 2.41. The summed E-state index contributed by atoms with van der Waals surface area (Å²) in [4.78, 5) is 16.1. The zero-order valence-electron chi connectivity index (χ0n) is 17.4. The van der Waals surface area contributed by atoms with Crippen molar-refractivity contribution >= 4 is 46.9 Å². The molecule has 1 aromatic carbocycles. The fraction of sp³-hybridized carbons (Fsp3) is 0.478. The largest absolute Gasteiger partial charge is 0.460 e. The standard InChI is InChI=1S/C23H28N2O2S3/c1-3-4-5-8-11-25-20-9-6-7-10-21(20)30-22(25)19(12-24)23(26)27-13-18-16-28-14-17(2)15-29-18/h6-7,9-10,18H,2-5,8,11,13-16H2,1H3. The number of rotatable bonds is 8. The van der Waals surface area contributed by atoms with Crippen molar-refractivity contribution in [2.45, 2.75) is 42.8 Å². The summed E-state index contributed by atoms with van der Waals surface area (Å²) >= 11 is 5.10. The molecule has 2 aliphatic rings. The SMILES string of the molecule is C=C1CSCC(COC(=O)C(C#N)=C2Sc3ccccc3N2CCCCCC)SC1. The summed E-state index contributed by atoms with van der Waals surface area (Å²) in [5, 5.41) is 10.8. The van der Waals surface area contributed by atoms with E-state index in [0.29, 0.717) is 11.6 Å². The van der Waals surface area contributed by atoms with Crippen LogP contribution in [0.4, 0.5) is 5.69 Å². The molecule has 2 heterocycles. The molecule has 160 valence electrons. The van der Waals surface area contributed by atoms with E-state index < -0.39 is 5.97 Å². The number of fused-ring (bicyclic) bond motifs is 1. The van der Waals surface area contributed by atoms with Crippen LogP contribution in [0.25, 0.3) is 0 Å². The Hall–Kier alpha value is -1.49. The van der Waals surface area contributed by atoms with Crippen LogP contribution in [0.1, 0.15) is 32.6 Å². The highest BCUT2D eigenvalue weighted by atomic mass is 32.2. The third-order valence-corrected chi connectivity index (χ3v) is 8.90. The smallest absolute Gasteiger partial charge is 0.351 e. The van der Waals surface area contributed by atoms with Gasteiger partial charge in [0.1, 0.15) is 17.7 Å². The normalized spacial score (nSPS) is 20.3. The number of ether oxygens (including phenoxy) is 1. The second kappa shape index (κ2) is 11.8. The number of thioether (sulfide) groups is 3. The van der Waals surface area contributed by atoms with Gasteiger partial charge in [-0.05, 0) is 18.6 Å². The Bertz CT molecular complexity index is 847. The fourth-order valence-electron chi connectivity index (χ4n) is 3.32. The van der Waals surface area contributed by atoms with Gasteiger partial charge in [-0.2, -0.15) is 17.0 Å². The number of nitrogens with zero attached hydrogens (tertiary/aromatic N) is 2. The molecule has 0 bridgehead atoms. The minimum absolute atomic E-state index is 0.113. The van der Waals surface area contributed by atoms with Gasteiger partial charge in [-0.1, -0.05) is 62.2 Å². The van der Waals surface area contributed by atoms with Crippen LogP contribution in [0.2, 0.25) is 0 Å². The van der Waals surface area contributed by atoms with Crippen molar-refractivity contribution in [3.8, 4) is 6.07 Å². The molecule has 3 rings (SSSR count). The van der Waals surface area contributed by atoms with Gasteiger partial charge in [0.25, 0.3) is 0 Å². The monoisotopic (exact) mass is 460 g/mol. The molecular formula is C23H28N2O2S3. The van der Waals surface area contributed by atoms with Crippen LogP contribution in [-0.4, -0.2) is 41.6 Å². The first-order valence-corrected chi connectivity index (χ1v) is 13.4. The van der Waals surface area contributed by atoms with E-state index in [1.54, 1.807) is 11.8 Å². The highest BCUT2D eigenvalue weighted by Crippen LogP contribution is 2.47. The van der Waals surface area contributed by atoms with E-state index in [0.717, 1.165) is 47.2 Å². The fourth-order valence-corrected chi connectivity index (χ4v) is 6.89. The van der Waals surface area contributed by atoms with E-state index >= 15 is 0 Å². The zero-order valence-corrected chi connectivity index (χ0v) is 19.8. The number of anilines is 1. The molecule has 7 heteroatoms. The number of hydrogen-bond donors (Lipinski definition) is 0. The topological polar surface area (TPSA) is 53.3 Å². The van der Waals surface area contributed by atoms with Crippen LogP contribution < -0.4 is 4.90 Å². The number of para-hydroxylation sites is 1. The molecule has 4 nitrogen and oxygen atoms in total. The number of unbranched alkanes of at least 4 members (excludes halogenated alkanes) is 3. The second-order valence-corrected chi connectivity index (χ2v) is 10.7. The molecule has 0 spiro atoms. The van der Waals surface area contributed by atoms with Crippen LogP contribution in [-0.2, 0) is 9.53 Å². The molecule has 0 aliphatic carbocycles. The quantitative estimate of drug-likeness (QED) is 0.158. The van der Waals surface area contributed by atoms with Crippen LogP contribution in [0.15, 0.2) is 51.9 Å². The summed E-state index contributed by atoms with van der Waals surface area (Å²) < 4.78 is 5.60. The van der Waals surface area contributed by atoms with Crippen molar-refractivity contribution < 1.29 is 9.53 Å². The molecule has 1 aromatic rings. The van der Waals surface area contributed by atoms with Gasteiger partial charge in [0, 0.05) is 33.9 Å². The maximum Gasteiger partial charge on any atom is 0.351 e. The molecule has 0 N–H and O–H groups in total. The average Bonchev–Trinajstić information content (AvgIpc) is 2.97. The van der Waals surface area contributed by atoms with Gasteiger partial charge in [0.2, 0.25) is 0 Å². The van der Waals surface area contributed by atoms with Crippen molar-refractivity contribution in [2.75, 3.05) is 35.3 Å². The number of hydrogen-bond acceptors (Lipinski definition) is 7. The molecule has 30 heavy (non-hydrogen) atoms. The van der Waals surface area contributed by atoms with E-state index in [-0.39, 0.29) is 10.8 Å². The lowest BCUT2D eigenvalue weighted by Gasteiger charge is -2.21. The van der Waals surface area contributed by atoms with E-state index in [1.807, 2.05) is 30.0 Å². The van der Waals surface area contributed by atoms with Crippen molar-refractivity contribution in [3.05, 3.63) is 47.0 Å². The van der Waals surface area contributed by atoms with Crippen molar-refractivity contribution in [3.63, 3.8) is 0 Å². The van der Waals surface area contributed by atoms with Crippen LogP contribution >= 0.6 is 35.3 Å². The van der Waals surface area contributed by atoms with Crippen LogP contribution in [0.5, 0.6) is 0 Å². The minimum Gasteiger partial charge on any atom is -0.460 e. The Labute approximate surface area is 192 Å². The third kappa shape index (κ3) is 6.03. The third-order valence-electron chi connectivity index (χ3n) is 4.91. The number of carbonyl (C=O) groups is 1. The summed E-state index contributed by atoms with van der Waals surface area (Å²) in [6, 6.07) is 10.2. The molecule has 1 unspecified atom stereocenters. The van der Waals surface area contributed by atoms with Crippen molar-refractivity contribution in [2.24, 2.45) is 0 Å². The Kier molecular flexibility index (Phi) is 9.10. The Balaban J connectivity index is 1.72. The molecule has 0 radical (unpaired) electrons. The predicted molar refractivity (Wildman–Crippen MR) is 130 cm³/mol. The highest BCUT2D eigenvalue weighted by molar-refractivity contribution is 8.04. The second-order valence-electron chi connectivity index (χ2n) is 7.37. The number of carbonyl (C=O) groups excluding carboxylic acids is 1. The van der Waals surface area contributed by atoms with E-state index in [9.17, 15) is 10.1 Å². The molecule has 2 aliphatic heterocycles. The Morgan fingerprint density at radius 3 is 2.93 bits per heavy atom. The van der Waals surface area contributed by atoms with E-state index in [1.165, 1.54) is 30.2 Å². The average molecular weight is 461 g/mol. The van der Waals surface area contributed by atoms with Crippen LogP contribution in [0, 0.1) is 11.3 Å². The maximum absolute atomic E-state index is 12.9. The predicted octanol–water partition coefficient (Wildman–Crippen LogP) is 5.86. The summed E-state index contributed by atoms with van der Waals surface area (Å²) in [6.45, 7) is 7.38. The first-order valence-electron chi connectivity index (χ1n) is 10.4. The zero-order chi connectivity index (χ0) is 21.3. The van der Waals surface area contributed by atoms with Gasteiger partial charge >= 0.3 is 5.97 Å². The van der Waals surface area contributed by atoms with Gasteiger partial charge in [-0.25, -0.2) is 4.79 Å². The minimum atomic E-state index is -0.514. The Morgan fingerprint density at radius 1 is 1.30 bits per heavy atom. The summed E-state index contributed by atoms with van der Waals surface area (Å²) in [6.07, 6.45) is 4.54. The van der Waals surface area contributed by atoms with Gasteiger partial charge in [0.05, 0.1) is 5.69 Å². The van der Waals surface area contributed by atoms with Crippen molar-refractivity contribution in [1.29, 1.82) is 5.26 Å². The van der Waals surface area contributed by atoms with Gasteiger partial charge in [-0.3, -0.25) is 0 Å². The van der Waals surface area contributed by atoms with Gasteiger partial charge < -0.3 is 9.64 Å². The van der Waals surface area contributed by atoms with E-state index in [2.05, 4.69) is 30.5 Å². The maximum atomic E-state index is 12.9. The molecule has 1 saturated heterocycles. The lowest BCUT2D eigenvalue weighted by Crippen LogP contribution is -2.24. The number of benzene rings is 1. The molecule has 1 atom stereocenters. The molecule has 0 aromatic heterocycles. The highest BCUT2D eigenvalue weighted by Gasteiger charge is 2.31. The van der Waals surface area contributed by atoms with Gasteiger partial charge in [-0.15, -0.1) is 11.8 Å². The summed E-state index contributed by atoms with van der Waals surface area (Å²) in [5.74, 6) is 2.28. The van der Waals surface area contributed by atoms with E-state index in [4.69, 9.17) is 4.74 Å². The lowest BCUT2D eigenvalue weighted by molar-refractivity contribution is -0.138. The van der Waals surface area contributed by atoms with Crippen LogP contribution in [0.3, 0.4) is 0 Å². The number of esters is 1. The molecule has 0 saturated carbocycles. The Morgan fingerprint density at radius 2 is 2.13 bits per heavy atom. The first-order chi connectivity index (χ1) is 14.6. The first kappa shape index (κ1) is 23.2. The molecule has 0 amide bonds. The van der Waals surface area contributed by atoms with Crippen molar-refractivity contribution in [1.82, 2.24) is 0 Å².